The first-order valence-corrected chi connectivity index (χ1v) is 4.30. The summed E-state index contributed by atoms with van der Waals surface area (Å²) in [6.45, 7) is 2.31. The molecule has 64 valence electrons. The van der Waals surface area contributed by atoms with Crippen LogP contribution in [0.15, 0.2) is 18.2 Å². The van der Waals surface area contributed by atoms with Crippen LogP contribution in [0.2, 0.25) is 0 Å². The van der Waals surface area contributed by atoms with Crippen LogP contribution >= 0.6 is 0 Å². The fourth-order valence-corrected chi connectivity index (χ4v) is 1.28. The van der Waals surface area contributed by atoms with Gasteiger partial charge < -0.3 is 10.2 Å². The molecular formula is C9H13N3. The highest BCUT2D eigenvalue weighted by atomic mass is 15.2. The van der Waals surface area contributed by atoms with Crippen LogP contribution in [0.5, 0.6) is 0 Å². The maximum Gasteiger partial charge on any atom is 0.130 e. The van der Waals surface area contributed by atoms with Crippen molar-refractivity contribution in [2.75, 3.05) is 30.4 Å². The van der Waals surface area contributed by atoms with Crippen LogP contribution in [-0.2, 0) is 0 Å². The lowest BCUT2D eigenvalue weighted by molar-refractivity contribution is 0.610. The summed E-state index contributed by atoms with van der Waals surface area (Å²) in [4.78, 5) is 6.71. The summed E-state index contributed by atoms with van der Waals surface area (Å²) in [5.41, 5.74) is 0. The summed E-state index contributed by atoms with van der Waals surface area (Å²) in [5, 5.41) is 3.03. The zero-order valence-corrected chi connectivity index (χ0v) is 7.25. The SMILES string of the molecule is CNc1cccc(N2CCC2)n1. The van der Waals surface area contributed by atoms with E-state index in [4.69, 9.17) is 0 Å². The molecule has 0 atom stereocenters. The molecule has 3 nitrogen and oxygen atoms in total. The zero-order valence-electron chi connectivity index (χ0n) is 7.25. The van der Waals surface area contributed by atoms with E-state index in [1.54, 1.807) is 0 Å². The molecule has 1 aliphatic rings. The maximum absolute atomic E-state index is 4.43. The molecule has 1 fully saturated rings. The van der Waals surface area contributed by atoms with E-state index in [0.29, 0.717) is 0 Å². The van der Waals surface area contributed by atoms with Crippen molar-refractivity contribution in [1.29, 1.82) is 0 Å². The van der Waals surface area contributed by atoms with Gasteiger partial charge in [-0.15, -0.1) is 0 Å². The Morgan fingerprint density at radius 3 is 2.83 bits per heavy atom. The van der Waals surface area contributed by atoms with Gasteiger partial charge in [0, 0.05) is 20.1 Å². The van der Waals surface area contributed by atoms with Gasteiger partial charge in [-0.1, -0.05) is 6.07 Å². The highest BCUT2D eigenvalue weighted by molar-refractivity contribution is 5.47. The largest absolute Gasteiger partial charge is 0.373 e. The Kier molecular flexibility index (Phi) is 1.86. The Morgan fingerprint density at radius 1 is 1.42 bits per heavy atom. The summed E-state index contributed by atoms with van der Waals surface area (Å²) in [7, 11) is 1.89. The Hall–Kier alpha value is -1.25. The van der Waals surface area contributed by atoms with Gasteiger partial charge in [-0.25, -0.2) is 4.98 Å². The Labute approximate surface area is 72.4 Å². The van der Waals surface area contributed by atoms with E-state index in [-0.39, 0.29) is 0 Å². The molecule has 0 spiro atoms. The second-order valence-electron chi connectivity index (χ2n) is 2.97. The van der Waals surface area contributed by atoms with Gasteiger partial charge in [-0.3, -0.25) is 0 Å². The quantitative estimate of drug-likeness (QED) is 0.713. The number of rotatable bonds is 2. The van der Waals surface area contributed by atoms with E-state index in [9.17, 15) is 0 Å². The zero-order chi connectivity index (χ0) is 8.39. The van der Waals surface area contributed by atoms with Gasteiger partial charge in [0.25, 0.3) is 0 Å². The minimum Gasteiger partial charge on any atom is -0.373 e. The first-order valence-electron chi connectivity index (χ1n) is 4.30. The number of hydrogen-bond acceptors (Lipinski definition) is 3. The number of anilines is 2. The second-order valence-corrected chi connectivity index (χ2v) is 2.97. The monoisotopic (exact) mass is 163 g/mol. The molecule has 2 rings (SSSR count). The van der Waals surface area contributed by atoms with Crippen LogP contribution < -0.4 is 10.2 Å². The van der Waals surface area contributed by atoms with Crippen LogP contribution in [0.4, 0.5) is 11.6 Å². The summed E-state index contributed by atoms with van der Waals surface area (Å²) in [6.07, 6.45) is 1.30. The Balaban J connectivity index is 2.19. The van der Waals surface area contributed by atoms with E-state index in [1.807, 2.05) is 19.2 Å². The summed E-state index contributed by atoms with van der Waals surface area (Å²) in [6, 6.07) is 6.07. The number of aromatic nitrogens is 1. The van der Waals surface area contributed by atoms with Crippen LogP contribution in [0.3, 0.4) is 0 Å². The molecule has 0 bridgehead atoms. The van der Waals surface area contributed by atoms with Crippen LogP contribution in [0.1, 0.15) is 6.42 Å². The predicted molar refractivity (Wildman–Crippen MR) is 50.6 cm³/mol. The molecule has 2 heterocycles. The normalized spacial score (nSPS) is 15.6. The van der Waals surface area contributed by atoms with Crippen LogP contribution in [-0.4, -0.2) is 25.1 Å². The Bertz CT molecular complexity index is 268. The molecule has 0 radical (unpaired) electrons. The van der Waals surface area contributed by atoms with E-state index in [0.717, 1.165) is 24.7 Å². The molecule has 0 aromatic carbocycles. The van der Waals surface area contributed by atoms with Crippen molar-refractivity contribution >= 4 is 11.6 Å². The minimum atomic E-state index is 0.944. The first-order chi connectivity index (χ1) is 5.90. The number of hydrogen-bond donors (Lipinski definition) is 1. The second kappa shape index (κ2) is 3.01. The number of nitrogens with zero attached hydrogens (tertiary/aromatic N) is 2. The standard InChI is InChI=1S/C9H13N3/c1-10-8-4-2-5-9(11-8)12-6-3-7-12/h2,4-5H,3,6-7H2,1H3,(H,10,11). The highest BCUT2D eigenvalue weighted by Gasteiger charge is 2.15. The number of nitrogens with one attached hydrogen (secondary N) is 1. The molecule has 0 unspecified atom stereocenters. The van der Waals surface area contributed by atoms with Crippen LogP contribution in [0, 0.1) is 0 Å². The van der Waals surface area contributed by atoms with Crippen molar-refractivity contribution in [1.82, 2.24) is 4.98 Å². The van der Waals surface area contributed by atoms with Gasteiger partial charge in [-0.2, -0.15) is 0 Å². The van der Waals surface area contributed by atoms with Crippen molar-refractivity contribution in [2.45, 2.75) is 6.42 Å². The summed E-state index contributed by atoms with van der Waals surface area (Å²) < 4.78 is 0. The lowest BCUT2D eigenvalue weighted by Crippen LogP contribution is -2.37. The van der Waals surface area contributed by atoms with E-state index in [1.165, 1.54) is 6.42 Å². The highest BCUT2D eigenvalue weighted by Crippen LogP contribution is 2.18. The third-order valence-electron chi connectivity index (χ3n) is 2.17. The smallest absolute Gasteiger partial charge is 0.130 e. The fourth-order valence-electron chi connectivity index (χ4n) is 1.28. The topological polar surface area (TPSA) is 28.2 Å². The average molecular weight is 163 g/mol. The molecule has 0 saturated carbocycles. The maximum atomic E-state index is 4.43. The van der Waals surface area contributed by atoms with Gasteiger partial charge >= 0.3 is 0 Å². The van der Waals surface area contributed by atoms with E-state index < -0.39 is 0 Å². The van der Waals surface area contributed by atoms with Crippen LogP contribution in [0.25, 0.3) is 0 Å². The van der Waals surface area contributed by atoms with Crippen molar-refractivity contribution in [3.8, 4) is 0 Å². The summed E-state index contributed by atoms with van der Waals surface area (Å²) >= 11 is 0. The lowest BCUT2D eigenvalue weighted by Gasteiger charge is -2.32. The summed E-state index contributed by atoms with van der Waals surface area (Å²) in [5.74, 6) is 2.03. The van der Waals surface area contributed by atoms with E-state index >= 15 is 0 Å². The van der Waals surface area contributed by atoms with Gasteiger partial charge in [0.15, 0.2) is 0 Å². The molecule has 1 saturated heterocycles. The fraction of sp³-hybridized carbons (Fsp3) is 0.444. The van der Waals surface area contributed by atoms with Gasteiger partial charge in [0.2, 0.25) is 0 Å². The molecule has 0 aliphatic carbocycles. The first kappa shape index (κ1) is 7.40. The minimum absolute atomic E-state index is 0.944. The molecule has 3 heteroatoms. The van der Waals surface area contributed by atoms with Crippen molar-refractivity contribution < 1.29 is 0 Å². The van der Waals surface area contributed by atoms with Gasteiger partial charge in [0.05, 0.1) is 0 Å². The van der Waals surface area contributed by atoms with Gasteiger partial charge in [-0.05, 0) is 18.6 Å². The molecule has 12 heavy (non-hydrogen) atoms. The molecule has 0 amide bonds. The molecule has 1 aromatic heterocycles. The Morgan fingerprint density at radius 2 is 2.25 bits per heavy atom. The van der Waals surface area contributed by atoms with Crippen molar-refractivity contribution in [3.63, 3.8) is 0 Å². The number of pyridine rings is 1. The van der Waals surface area contributed by atoms with E-state index in [2.05, 4.69) is 21.3 Å². The van der Waals surface area contributed by atoms with Gasteiger partial charge in [0.1, 0.15) is 11.6 Å². The lowest BCUT2D eigenvalue weighted by atomic mass is 10.2. The molecule has 1 N–H and O–H groups in total. The van der Waals surface area contributed by atoms with Crippen molar-refractivity contribution in [3.05, 3.63) is 18.2 Å². The third kappa shape index (κ3) is 1.22. The average Bonchev–Trinajstić information content (AvgIpc) is 2.02. The predicted octanol–water partition coefficient (Wildman–Crippen LogP) is 1.33. The van der Waals surface area contributed by atoms with Crippen molar-refractivity contribution in [2.24, 2.45) is 0 Å². The molecular weight excluding hydrogens is 150 g/mol. The molecule has 1 aromatic rings. The molecule has 1 aliphatic heterocycles. The third-order valence-corrected chi connectivity index (χ3v) is 2.17.